The molecule has 0 spiro atoms. The lowest BCUT2D eigenvalue weighted by molar-refractivity contribution is -0.111. The van der Waals surface area contributed by atoms with Crippen molar-refractivity contribution in [1.29, 1.82) is 0 Å². The molecule has 4 rings (SSSR count). The van der Waals surface area contributed by atoms with Crippen molar-refractivity contribution >= 4 is 23.4 Å². The van der Waals surface area contributed by atoms with Crippen LogP contribution in [0.3, 0.4) is 0 Å². The molecule has 4 nitrogen and oxygen atoms in total. The van der Waals surface area contributed by atoms with Gasteiger partial charge in [-0.15, -0.1) is 0 Å². The monoisotopic (exact) mass is 383 g/mol. The van der Waals surface area contributed by atoms with Gasteiger partial charge in [0.05, 0.1) is 11.4 Å². The second-order valence-electron chi connectivity index (χ2n) is 7.38. The van der Waals surface area contributed by atoms with Crippen molar-refractivity contribution < 1.29 is 4.79 Å². The molecule has 1 heterocycles. The van der Waals surface area contributed by atoms with Crippen molar-refractivity contribution in [2.45, 2.75) is 19.5 Å². The van der Waals surface area contributed by atoms with Crippen molar-refractivity contribution in [1.82, 2.24) is 4.90 Å². The predicted octanol–water partition coefficient (Wildman–Crippen LogP) is 4.48. The summed E-state index contributed by atoms with van der Waals surface area (Å²) in [5.74, 6) is -0.195. The van der Waals surface area contributed by atoms with Crippen molar-refractivity contribution in [3.8, 4) is 0 Å². The Morgan fingerprint density at radius 3 is 2.48 bits per heavy atom. The molecule has 0 saturated heterocycles. The van der Waals surface area contributed by atoms with Gasteiger partial charge in [0, 0.05) is 25.7 Å². The second kappa shape index (κ2) is 8.76. The molecule has 1 aliphatic heterocycles. The van der Waals surface area contributed by atoms with E-state index < -0.39 is 0 Å². The Bertz CT molecular complexity index is 1020. The third kappa shape index (κ3) is 4.92. The van der Waals surface area contributed by atoms with E-state index >= 15 is 0 Å². The first-order valence-corrected chi connectivity index (χ1v) is 9.89. The number of hydrogen-bond acceptors (Lipinski definition) is 3. The molecule has 0 atom stereocenters. The minimum absolute atomic E-state index is 0.195. The SMILES string of the molecule is Nc1ccccc1NC(=O)/C=C/c1ccc(CN2CCc3ccccc3C2)cc1. The van der Waals surface area contributed by atoms with Crippen LogP contribution in [0, 0.1) is 0 Å². The molecular formula is C25H25N3O. The van der Waals surface area contributed by atoms with E-state index in [9.17, 15) is 4.79 Å². The minimum Gasteiger partial charge on any atom is -0.397 e. The van der Waals surface area contributed by atoms with E-state index in [2.05, 4.69) is 46.6 Å². The van der Waals surface area contributed by atoms with Gasteiger partial charge >= 0.3 is 0 Å². The zero-order valence-electron chi connectivity index (χ0n) is 16.3. The zero-order valence-corrected chi connectivity index (χ0v) is 16.3. The highest BCUT2D eigenvalue weighted by molar-refractivity contribution is 6.03. The first-order chi connectivity index (χ1) is 14.2. The third-order valence-electron chi connectivity index (χ3n) is 5.24. The van der Waals surface area contributed by atoms with Crippen LogP contribution in [0.4, 0.5) is 11.4 Å². The molecule has 3 N–H and O–H groups in total. The van der Waals surface area contributed by atoms with Crippen LogP contribution in [-0.4, -0.2) is 17.4 Å². The summed E-state index contributed by atoms with van der Waals surface area (Å²) in [6, 6.07) is 24.3. The first-order valence-electron chi connectivity index (χ1n) is 9.89. The number of fused-ring (bicyclic) bond motifs is 1. The van der Waals surface area contributed by atoms with Crippen LogP contribution in [0.15, 0.2) is 78.9 Å². The number of nitrogens with zero attached hydrogens (tertiary/aromatic N) is 1. The summed E-state index contributed by atoms with van der Waals surface area (Å²) in [4.78, 5) is 14.6. The first kappa shape index (κ1) is 19.0. The summed E-state index contributed by atoms with van der Waals surface area (Å²) >= 11 is 0. The Labute approximate surface area is 171 Å². The fraction of sp³-hybridized carbons (Fsp3) is 0.160. The fourth-order valence-electron chi connectivity index (χ4n) is 3.64. The van der Waals surface area contributed by atoms with E-state index in [4.69, 9.17) is 5.73 Å². The summed E-state index contributed by atoms with van der Waals surface area (Å²) in [6.45, 7) is 3.02. The van der Waals surface area contributed by atoms with Crippen molar-refractivity contribution in [3.05, 3.63) is 101 Å². The molecule has 0 bridgehead atoms. The van der Waals surface area contributed by atoms with E-state index in [0.29, 0.717) is 11.4 Å². The molecule has 0 radical (unpaired) electrons. The van der Waals surface area contributed by atoms with Crippen LogP contribution in [-0.2, 0) is 24.3 Å². The molecule has 29 heavy (non-hydrogen) atoms. The van der Waals surface area contributed by atoms with Gasteiger partial charge < -0.3 is 11.1 Å². The molecule has 0 aromatic heterocycles. The maximum Gasteiger partial charge on any atom is 0.248 e. The quantitative estimate of drug-likeness (QED) is 0.504. The Kier molecular flexibility index (Phi) is 5.73. The maximum absolute atomic E-state index is 12.1. The number of nitrogen functional groups attached to an aromatic ring is 1. The van der Waals surface area contributed by atoms with Gasteiger partial charge in [0.2, 0.25) is 5.91 Å². The van der Waals surface area contributed by atoms with Gasteiger partial charge in [0.25, 0.3) is 0 Å². The average molecular weight is 383 g/mol. The molecule has 1 aliphatic rings. The molecular weight excluding hydrogens is 358 g/mol. The van der Waals surface area contributed by atoms with Crippen LogP contribution < -0.4 is 11.1 Å². The Morgan fingerprint density at radius 1 is 0.966 bits per heavy atom. The molecule has 0 unspecified atom stereocenters. The predicted molar refractivity (Wildman–Crippen MR) is 119 cm³/mol. The van der Waals surface area contributed by atoms with Crippen LogP contribution in [0.2, 0.25) is 0 Å². The number of hydrogen-bond donors (Lipinski definition) is 2. The van der Waals surface area contributed by atoms with Crippen molar-refractivity contribution in [2.24, 2.45) is 0 Å². The molecule has 4 heteroatoms. The van der Waals surface area contributed by atoms with E-state index in [1.807, 2.05) is 30.3 Å². The van der Waals surface area contributed by atoms with Gasteiger partial charge in [-0.1, -0.05) is 60.7 Å². The van der Waals surface area contributed by atoms with E-state index in [-0.39, 0.29) is 5.91 Å². The number of nitrogens with one attached hydrogen (secondary N) is 1. The Balaban J connectivity index is 1.33. The van der Waals surface area contributed by atoms with E-state index in [1.165, 1.54) is 22.8 Å². The highest BCUT2D eigenvalue weighted by Gasteiger charge is 2.15. The number of para-hydroxylation sites is 2. The molecule has 3 aromatic carbocycles. The molecule has 3 aromatic rings. The van der Waals surface area contributed by atoms with Gasteiger partial charge in [0.1, 0.15) is 0 Å². The molecule has 0 fully saturated rings. The number of rotatable bonds is 5. The summed E-state index contributed by atoms with van der Waals surface area (Å²) in [5.41, 5.74) is 12.2. The van der Waals surface area contributed by atoms with Crippen LogP contribution in [0.1, 0.15) is 22.3 Å². The fourth-order valence-corrected chi connectivity index (χ4v) is 3.64. The largest absolute Gasteiger partial charge is 0.397 e. The minimum atomic E-state index is -0.195. The lowest BCUT2D eigenvalue weighted by atomic mass is 9.99. The highest BCUT2D eigenvalue weighted by Crippen LogP contribution is 2.20. The average Bonchev–Trinajstić information content (AvgIpc) is 2.75. The smallest absolute Gasteiger partial charge is 0.248 e. The van der Waals surface area contributed by atoms with Crippen LogP contribution in [0.5, 0.6) is 0 Å². The topological polar surface area (TPSA) is 58.4 Å². The number of nitrogens with two attached hydrogens (primary N) is 1. The van der Waals surface area contributed by atoms with Crippen molar-refractivity contribution in [2.75, 3.05) is 17.6 Å². The number of carbonyl (C=O) groups is 1. The van der Waals surface area contributed by atoms with Gasteiger partial charge in [-0.05, 0) is 46.9 Å². The molecule has 1 amide bonds. The summed E-state index contributed by atoms with van der Waals surface area (Å²) in [5, 5.41) is 2.80. The molecule has 146 valence electrons. The number of benzene rings is 3. The van der Waals surface area contributed by atoms with E-state index in [1.54, 1.807) is 12.1 Å². The summed E-state index contributed by atoms with van der Waals surface area (Å²) in [7, 11) is 0. The zero-order chi connectivity index (χ0) is 20.1. The Hall–Kier alpha value is -3.37. The molecule has 0 saturated carbocycles. The van der Waals surface area contributed by atoms with Gasteiger partial charge in [-0.25, -0.2) is 0 Å². The summed E-state index contributed by atoms with van der Waals surface area (Å²) < 4.78 is 0. The highest BCUT2D eigenvalue weighted by atomic mass is 16.1. The third-order valence-corrected chi connectivity index (χ3v) is 5.24. The number of carbonyl (C=O) groups excluding carboxylic acids is 1. The normalized spacial score (nSPS) is 13.9. The number of anilines is 2. The maximum atomic E-state index is 12.1. The lowest BCUT2D eigenvalue weighted by Crippen LogP contribution is -2.29. The van der Waals surface area contributed by atoms with Crippen LogP contribution >= 0.6 is 0 Å². The van der Waals surface area contributed by atoms with E-state index in [0.717, 1.165) is 31.6 Å². The summed E-state index contributed by atoms with van der Waals surface area (Å²) in [6.07, 6.45) is 4.45. The lowest BCUT2D eigenvalue weighted by Gasteiger charge is -2.28. The van der Waals surface area contributed by atoms with Gasteiger partial charge in [0.15, 0.2) is 0 Å². The van der Waals surface area contributed by atoms with Crippen LogP contribution in [0.25, 0.3) is 6.08 Å². The van der Waals surface area contributed by atoms with Gasteiger partial charge in [-0.2, -0.15) is 0 Å². The second-order valence-corrected chi connectivity index (χ2v) is 7.38. The Morgan fingerprint density at radius 2 is 1.69 bits per heavy atom. The number of amides is 1. The standard InChI is InChI=1S/C25H25N3O/c26-23-7-3-4-8-24(23)27-25(29)14-13-19-9-11-20(12-10-19)17-28-16-15-21-5-1-2-6-22(21)18-28/h1-14H,15-18,26H2,(H,27,29)/b14-13+. The van der Waals surface area contributed by atoms with Gasteiger partial charge in [-0.3, -0.25) is 9.69 Å². The van der Waals surface area contributed by atoms with Crippen molar-refractivity contribution in [3.63, 3.8) is 0 Å². The molecule has 0 aliphatic carbocycles.